The van der Waals surface area contributed by atoms with E-state index in [0.717, 1.165) is 19.4 Å². The van der Waals surface area contributed by atoms with Gasteiger partial charge in [-0.1, -0.05) is 19.1 Å². The Bertz CT molecular complexity index is 325. The lowest BCUT2D eigenvalue weighted by Gasteiger charge is -2.26. The summed E-state index contributed by atoms with van der Waals surface area (Å²) >= 11 is 0. The summed E-state index contributed by atoms with van der Waals surface area (Å²) in [6.07, 6.45) is 5.81. The van der Waals surface area contributed by atoms with Gasteiger partial charge in [0.15, 0.2) is 0 Å². The van der Waals surface area contributed by atoms with Crippen LogP contribution < -0.4 is 5.32 Å². The zero-order valence-electron chi connectivity index (χ0n) is 10.1. The minimum atomic E-state index is -3.12. The highest BCUT2D eigenvalue weighted by Gasteiger charge is 2.27. The van der Waals surface area contributed by atoms with Crippen molar-refractivity contribution in [2.75, 3.05) is 26.2 Å². The highest BCUT2D eigenvalue weighted by molar-refractivity contribution is 7.89. The van der Waals surface area contributed by atoms with E-state index in [1.165, 1.54) is 0 Å². The molecular weight excluding hydrogens is 224 g/mol. The third-order valence-electron chi connectivity index (χ3n) is 2.75. The molecule has 0 aliphatic carbocycles. The number of hydrogen-bond acceptors (Lipinski definition) is 3. The van der Waals surface area contributed by atoms with E-state index in [9.17, 15) is 8.42 Å². The van der Waals surface area contributed by atoms with Crippen molar-refractivity contribution in [3.05, 3.63) is 12.2 Å². The van der Waals surface area contributed by atoms with Gasteiger partial charge in [-0.2, -0.15) is 4.31 Å². The molecular formula is C11H22N2O2S. The maximum atomic E-state index is 12.1. The zero-order chi connectivity index (χ0) is 12.0. The third kappa shape index (κ3) is 3.57. The van der Waals surface area contributed by atoms with Crippen LogP contribution in [0, 0.1) is 0 Å². The Kier molecular flexibility index (Phi) is 5.44. The number of nitrogens with zero attached hydrogens (tertiary/aromatic N) is 1. The molecule has 0 aromatic rings. The van der Waals surface area contributed by atoms with Crippen LogP contribution >= 0.6 is 0 Å². The van der Waals surface area contributed by atoms with Gasteiger partial charge in [-0.05, 0) is 26.3 Å². The number of sulfonamides is 1. The minimum absolute atomic E-state index is 0.342. The first kappa shape index (κ1) is 13.7. The second kappa shape index (κ2) is 6.37. The van der Waals surface area contributed by atoms with E-state index in [1.54, 1.807) is 11.2 Å². The van der Waals surface area contributed by atoms with Gasteiger partial charge in [-0.25, -0.2) is 8.42 Å². The minimum Gasteiger partial charge on any atom is -0.315 e. The van der Waals surface area contributed by atoms with Gasteiger partial charge in [0.25, 0.3) is 0 Å². The van der Waals surface area contributed by atoms with Crippen molar-refractivity contribution in [3.63, 3.8) is 0 Å². The molecule has 1 unspecified atom stereocenters. The summed E-state index contributed by atoms with van der Waals surface area (Å²) in [5, 5.41) is 2.81. The Morgan fingerprint density at radius 3 is 2.75 bits per heavy atom. The zero-order valence-corrected chi connectivity index (χ0v) is 11.0. The van der Waals surface area contributed by atoms with Gasteiger partial charge in [0.05, 0.1) is 5.25 Å². The molecule has 1 aliphatic heterocycles. The molecule has 1 heterocycles. The molecule has 94 valence electrons. The van der Waals surface area contributed by atoms with Crippen molar-refractivity contribution in [2.24, 2.45) is 0 Å². The van der Waals surface area contributed by atoms with Gasteiger partial charge >= 0.3 is 0 Å². The van der Waals surface area contributed by atoms with Gasteiger partial charge in [0, 0.05) is 19.6 Å². The predicted octanol–water partition coefficient (Wildman–Crippen LogP) is 0.966. The van der Waals surface area contributed by atoms with Crippen LogP contribution in [0.25, 0.3) is 0 Å². The first-order valence-electron chi connectivity index (χ1n) is 5.93. The van der Waals surface area contributed by atoms with Gasteiger partial charge in [0.1, 0.15) is 0 Å². The quantitative estimate of drug-likeness (QED) is 0.561. The van der Waals surface area contributed by atoms with Crippen LogP contribution in [0.5, 0.6) is 0 Å². The Hall–Kier alpha value is -0.390. The Morgan fingerprint density at radius 1 is 1.44 bits per heavy atom. The fourth-order valence-electron chi connectivity index (χ4n) is 1.69. The lowest BCUT2D eigenvalue weighted by atomic mass is 10.3. The summed E-state index contributed by atoms with van der Waals surface area (Å²) in [6, 6.07) is 0. The summed E-state index contributed by atoms with van der Waals surface area (Å²) in [5.41, 5.74) is 0. The van der Waals surface area contributed by atoms with E-state index in [-0.39, 0.29) is 5.25 Å². The van der Waals surface area contributed by atoms with Crippen LogP contribution in [0.2, 0.25) is 0 Å². The summed E-state index contributed by atoms with van der Waals surface area (Å²) in [6.45, 7) is 6.41. The van der Waals surface area contributed by atoms with Crippen LogP contribution in [0.15, 0.2) is 12.2 Å². The van der Waals surface area contributed by atoms with E-state index < -0.39 is 10.0 Å². The molecule has 0 saturated carbocycles. The molecule has 0 radical (unpaired) electrons. The maximum Gasteiger partial charge on any atom is 0.218 e. The molecule has 0 fully saturated rings. The monoisotopic (exact) mass is 246 g/mol. The maximum absolute atomic E-state index is 12.1. The molecule has 4 nitrogen and oxygen atoms in total. The highest BCUT2D eigenvalue weighted by atomic mass is 32.2. The van der Waals surface area contributed by atoms with Crippen molar-refractivity contribution < 1.29 is 8.42 Å². The van der Waals surface area contributed by atoms with Gasteiger partial charge < -0.3 is 5.32 Å². The van der Waals surface area contributed by atoms with Gasteiger partial charge in [0.2, 0.25) is 10.0 Å². The Morgan fingerprint density at radius 2 is 2.19 bits per heavy atom. The second-order valence-corrected chi connectivity index (χ2v) is 6.53. The summed E-state index contributed by atoms with van der Waals surface area (Å²) in [5.74, 6) is 0. The van der Waals surface area contributed by atoms with Crippen LogP contribution in [-0.2, 0) is 10.0 Å². The SMILES string of the molecule is CCCNCC(C)S(=O)(=O)N1CC=CCC1. The molecule has 0 aromatic carbocycles. The average molecular weight is 246 g/mol. The van der Waals surface area contributed by atoms with E-state index >= 15 is 0 Å². The van der Waals surface area contributed by atoms with Crippen LogP contribution in [-0.4, -0.2) is 44.2 Å². The fourth-order valence-corrected chi connectivity index (χ4v) is 3.18. The van der Waals surface area contributed by atoms with Crippen LogP contribution in [0.4, 0.5) is 0 Å². The number of hydrogen-bond donors (Lipinski definition) is 1. The molecule has 1 rings (SSSR count). The first-order chi connectivity index (χ1) is 7.59. The smallest absolute Gasteiger partial charge is 0.218 e. The third-order valence-corrected chi connectivity index (χ3v) is 4.98. The molecule has 0 spiro atoms. The number of nitrogens with one attached hydrogen (secondary N) is 1. The normalized spacial score (nSPS) is 19.9. The molecule has 0 amide bonds. The molecule has 0 aromatic heterocycles. The van der Waals surface area contributed by atoms with Crippen molar-refractivity contribution in [3.8, 4) is 0 Å². The van der Waals surface area contributed by atoms with Crippen molar-refractivity contribution in [1.82, 2.24) is 9.62 Å². The molecule has 0 saturated heterocycles. The summed E-state index contributed by atoms with van der Waals surface area (Å²) in [4.78, 5) is 0. The Balaban J connectivity index is 2.51. The van der Waals surface area contributed by atoms with E-state index in [0.29, 0.717) is 19.6 Å². The van der Waals surface area contributed by atoms with Crippen molar-refractivity contribution in [1.29, 1.82) is 0 Å². The van der Waals surface area contributed by atoms with Gasteiger partial charge in [-0.15, -0.1) is 0 Å². The van der Waals surface area contributed by atoms with E-state index in [4.69, 9.17) is 0 Å². The average Bonchev–Trinajstić information content (AvgIpc) is 2.30. The largest absolute Gasteiger partial charge is 0.315 e. The summed E-state index contributed by atoms with van der Waals surface area (Å²) < 4.78 is 25.8. The van der Waals surface area contributed by atoms with Crippen molar-refractivity contribution in [2.45, 2.75) is 31.9 Å². The lowest BCUT2D eigenvalue weighted by molar-refractivity contribution is 0.427. The first-order valence-corrected chi connectivity index (χ1v) is 7.44. The topological polar surface area (TPSA) is 49.4 Å². The summed E-state index contributed by atoms with van der Waals surface area (Å²) in [7, 11) is -3.12. The van der Waals surface area contributed by atoms with Crippen LogP contribution in [0.1, 0.15) is 26.7 Å². The van der Waals surface area contributed by atoms with Gasteiger partial charge in [-0.3, -0.25) is 0 Å². The van der Waals surface area contributed by atoms with E-state index in [2.05, 4.69) is 12.2 Å². The lowest BCUT2D eigenvalue weighted by Crippen LogP contribution is -2.43. The number of rotatable bonds is 6. The molecule has 1 aliphatic rings. The van der Waals surface area contributed by atoms with Crippen molar-refractivity contribution >= 4 is 10.0 Å². The highest BCUT2D eigenvalue weighted by Crippen LogP contribution is 2.12. The molecule has 0 bridgehead atoms. The van der Waals surface area contributed by atoms with Crippen LogP contribution in [0.3, 0.4) is 0 Å². The molecule has 16 heavy (non-hydrogen) atoms. The molecule has 1 N–H and O–H groups in total. The molecule has 5 heteroatoms. The second-order valence-electron chi connectivity index (χ2n) is 4.18. The standard InChI is InChI=1S/C11H22N2O2S/c1-3-7-12-10-11(2)16(14,15)13-8-5-4-6-9-13/h4-5,11-12H,3,6-10H2,1-2H3. The van der Waals surface area contributed by atoms with E-state index in [1.807, 2.05) is 12.2 Å². The predicted molar refractivity (Wildman–Crippen MR) is 66.9 cm³/mol. The Labute approximate surface area is 98.8 Å². The molecule has 1 atom stereocenters. The fraction of sp³-hybridized carbons (Fsp3) is 0.818.